The lowest BCUT2D eigenvalue weighted by Crippen LogP contribution is -2.09. The summed E-state index contributed by atoms with van der Waals surface area (Å²) in [5.41, 5.74) is 3.49. The largest absolute Gasteiger partial charge is 0.497 e. The van der Waals surface area contributed by atoms with Gasteiger partial charge in [-0.3, -0.25) is 0 Å². The summed E-state index contributed by atoms with van der Waals surface area (Å²) < 4.78 is 16.2. The molecule has 1 heterocycles. The predicted octanol–water partition coefficient (Wildman–Crippen LogP) is 5.30. The van der Waals surface area contributed by atoms with Crippen LogP contribution in [0, 0.1) is 13.8 Å². The molecule has 0 spiro atoms. The topological polar surface area (TPSA) is 65.7 Å². The van der Waals surface area contributed by atoms with Crippen LogP contribution >= 0.6 is 0 Å². The smallest absolute Gasteiger partial charge is 0.344 e. The van der Waals surface area contributed by atoms with E-state index in [-0.39, 0.29) is 0 Å². The summed E-state index contributed by atoms with van der Waals surface area (Å²) in [4.78, 5) is 25.0. The third kappa shape index (κ3) is 3.70. The van der Waals surface area contributed by atoms with Gasteiger partial charge in [0.15, 0.2) is 0 Å². The van der Waals surface area contributed by atoms with Gasteiger partial charge in [0.05, 0.1) is 18.2 Å². The molecule has 0 radical (unpaired) electrons. The van der Waals surface area contributed by atoms with E-state index in [1.807, 2.05) is 38.1 Å². The molecule has 4 aromatic rings. The van der Waals surface area contributed by atoms with Crippen molar-refractivity contribution in [2.75, 3.05) is 7.11 Å². The molecular weight excluding hydrogens is 380 g/mol. The lowest BCUT2D eigenvalue weighted by atomic mass is 9.99. The molecule has 0 aliphatic carbocycles. The molecule has 0 N–H and O–H groups in total. The van der Waals surface area contributed by atoms with Crippen LogP contribution in [0.5, 0.6) is 11.5 Å². The van der Waals surface area contributed by atoms with Crippen LogP contribution in [0.1, 0.15) is 21.5 Å². The fourth-order valence-corrected chi connectivity index (χ4v) is 3.34. The number of aryl methyl sites for hydroxylation is 2. The minimum atomic E-state index is -0.445. The Balaban J connectivity index is 1.73. The first kappa shape index (κ1) is 19.5. The first-order valence-corrected chi connectivity index (χ1v) is 9.47. The molecule has 0 unspecified atom stereocenters. The van der Waals surface area contributed by atoms with Crippen molar-refractivity contribution in [2.45, 2.75) is 13.8 Å². The number of hydrogen-bond donors (Lipinski definition) is 0. The van der Waals surface area contributed by atoms with Gasteiger partial charge in [-0.25, -0.2) is 9.59 Å². The number of esters is 1. The monoisotopic (exact) mass is 400 g/mol. The number of benzene rings is 3. The Morgan fingerprint density at radius 2 is 1.53 bits per heavy atom. The maximum absolute atomic E-state index is 12.6. The molecule has 0 amide bonds. The number of hydrogen-bond acceptors (Lipinski definition) is 5. The number of fused-ring (bicyclic) bond motifs is 1. The van der Waals surface area contributed by atoms with Crippen molar-refractivity contribution in [1.29, 1.82) is 0 Å². The molecule has 1 aromatic heterocycles. The molecule has 0 saturated heterocycles. The van der Waals surface area contributed by atoms with Crippen LogP contribution in [-0.4, -0.2) is 13.1 Å². The van der Waals surface area contributed by atoms with Crippen molar-refractivity contribution in [2.24, 2.45) is 0 Å². The first-order chi connectivity index (χ1) is 14.5. The van der Waals surface area contributed by atoms with E-state index in [0.29, 0.717) is 33.6 Å². The highest BCUT2D eigenvalue weighted by atomic mass is 16.5. The van der Waals surface area contributed by atoms with Crippen molar-refractivity contribution in [1.82, 2.24) is 0 Å². The van der Waals surface area contributed by atoms with Crippen molar-refractivity contribution < 1.29 is 18.7 Å². The molecule has 5 nitrogen and oxygen atoms in total. The minimum Gasteiger partial charge on any atom is -0.497 e. The van der Waals surface area contributed by atoms with E-state index in [4.69, 9.17) is 13.9 Å². The number of rotatable bonds is 4. The molecule has 150 valence electrons. The standard InChI is InChI=1S/C25H20O5/c1-15-4-6-18(7-5-15)24(26)29-20-12-13-22-21(14-20)16(2)23(25(27)30-22)17-8-10-19(28-3)11-9-17/h4-14H,1-3H3. The highest BCUT2D eigenvalue weighted by Gasteiger charge is 2.15. The summed E-state index contributed by atoms with van der Waals surface area (Å²) in [7, 11) is 1.59. The van der Waals surface area contributed by atoms with Crippen molar-refractivity contribution >= 4 is 16.9 Å². The van der Waals surface area contributed by atoms with Crippen molar-refractivity contribution in [3.63, 3.8) is 0 Å². The Hall–Kier alpha value is -3.86. The molecule has 3 aromatic carbocycles. The van der Waals surface area contributed by atoms with Crippen LogP contribution in [0.15, 0.2) is 75.9 Å². The predicted molar refractivity (Wildman–Crippen MR) is 115 cm³/mol. The number of carbonyl (C=O) groups is 1. The molecule has 30 heavy (non-hydrogen) atoms. The average Bonchev–Trinajstić information content (AvgIpc) is 2.75. The Morgan fingerprint density at radius 3 is 2.20 bits per heavy atom. The van der Waals surface area contributed by atoms with Crippen molar-refractivity contribution in [3.8, 4) is 22.6 Å². The van der Waals surface area contributed by atoms with Gasteiger partial charge >= 0.3 is 11.6 Å². The third-order valence-electron chi connectivity index (χ3n) is 5.01. The normalized spacial score (nSPS) is 10.8. The van der Waals surface area contributed by atoms with E-state index >= 15 is 0 Å². The quantitative estimate of drug-likeness (QED) is 0.264. The molecule has 5 heteroatoms. The fourth-order valence-electron chi connectivity index (χ4n) is 3.34. The van der Waals surface area contributed by atoms with E-state index in [0.717, 1.165) is 16.7 Å². The van der Waals surface area contributed by atoms with Gasteiger partial charge in [-0.05, 0) is 67.4 Å². The molecule has 0 fully saturated rings. The third-order valence-corrected chi connectivity index (χ3v) is 5.01. The van der Waals surface area contributed by atoms with E-state index in [1.165, 1.54) is 0 Å². The summed E-state index contributed by atoms with van der Waals surface area (Å²) >= 11 is 0. The van der Waals surface area contributed by atoms with Crippen LogP contribution in [0.4, 0.5) is 0 Å². The van der Waals surface area contributed by atoms with Crippen LogP contribution in [0.3, 0.4) is 0 Å². The van der Waals surface area contributed by atoms with Crippen LogP contribution in [-0.2, 0) is 0 Å². The molecule has 0 saturated carbocycles. The van der Waals surface area contributed by atoms with Gasteiger partial charge in [0.25, 0.3) is 0 Å². The molecule has 0 aliphatic rings. The van der Waals surface area contributed by atoms with Gasteiger partial charge in [0, 0.05) is 5.39 Å². The second-order valence-electron chi connectivity index (χ2n) is 7.03. The summed E-state index contributed by atoms with van der Waals surface area (Å²) in [5.74, 6) is 0.636. The van der Waals surface area contributed by atoms with Crippen molar-refractivity contribution in [3.05, 3.63) is 93.8 Å². The van der Waals surface area contributed by atoms with Gasteiger partial charge in [-0.1, -0.05) is 29.8 Å². The second-order valence-corrected chi connectivity index (χ2v) is 7.03. The Kier molecular flexibility index (Phi) is 5.11. The molecule has 4 rings (SSSR count). The summed E-state index contributed by atoms with van der Waals surface area (Å²) in [5, 5.41) is 0.703. The summed E-state index contributed by atoms with van der Waals surface area (Å²) in [6.45, 7) is 3.81. The number of ether oxygens (including phenoxy) is 2. The first-order valence-electron chi connectivity index (χ1n) is 9.47. The second kappa shape index (κ2) is 7.87. The van der Waals surface area contributed by atoms with Crippen LogP contribution in [0.2, 0.25) is 0 Å². The van der Waals surface area contributed by atoms with Gasteiger partial charge in [0.1, 0.15) is 17.1 Å². The number of carbonyl (C=O) groups excluding carboxylic acids is 1. The average molecular weight is 400 g/mol. The fraction of sp³-hybridized carbons (Fsp3) is 0.120. The maximum atomic E-state index is 12.6. The van der Waals surface area contributed by atoms with Crippen LogP contribution < -0.4 is 15.1 Å². The maximum Gasteiger partial charge on any atom is 0.344 e. The Bertz CT molecular complexity index is 1280. The molecule has 0 aliphatic heterocycles. The molecule has 0 atom stereocenters. The molecule has 0 bridgehead atoms. The van der Waals surface area contributed by atoms with Crippen LogP contribution in [0.25, 0.3) is 22.1 Å². The van der Waals surface area contributed by atoms with E-state index < -0.39 is 11.6 Å². The summed E-state index contributed by atoms with van der Waals surface area (Å²) in [6.07, 6.45) is 0. The van der Waals surface area contributed by atoms with Gasteiger partial charge < -0.3 is 13.9 Å². The number of methoxy groups -OCH3 is 1. The molecular formula is C25H20O5. The van der Waals surface area contributed by atoms with Gasteiger partial charge in [-0.2, -0.15) is 0 Å². The SMILES string of the molecule is COc1ccc(-c2c(C)c3cc(OC(=O)c4ccc(C)cc4)ccc3oc2=O)cc1. The highest BCUT2D eigenvalue weighted by molar-refractivity contribution is 5.92. The highest BCUT2D eigenvalue weighted by Crippen LogP contribution is 2.30. The van der Waals surface area contributed by atoms with E-state index in [1.54, 1.807) is 49.6 Å². The zero-order chi connectivity index (χ0) is 21.3. The van der Waals surface area contributed by atoms with E-state index in [9.17, 15) is 9.59 Å². The lowest BCUT2D eigenvalue weighted by Gasteiger charge is -2.10. The summed E-state index contributed by atoms with van der Waals surface area (Å²) in [6, 6.07) is 19.3. The van der Waals surface area contributed by atoms with Gasteiger partial charge in [-0.15, -0.1) is 0 Å². The van der Waals surface area contributed by atoms with E-state index in [2.05, 4.69) is 0 Å². The minimum absolute atomic E-state index is 0.380. The van der Waals surface area contributed by atoms with Gasteiger partial charge in [0.2, 0.25) is 0 Å². The Morgan fingerprint density at radius 1 is 0.867 bits per heavy atom. The lowest BCUT2D eigenvalue weighted by molar-refractivity contribution is 0.0735. The zero-order valence-electron chi connectivity index (χ0n) is 16.9. The Labute approximate surface area is 173 Å². The zero-order valence-corrected chi connectivity index (χ0v) is 16.9.